The molecule has 0 aliphatic heterocycles. The van der Waals surface area contributed by atoms with Crippen LogP contribution in [0.1, 0.15) is 11.3 Å². The van der Waals surface area contributed by atoms with E-state index in [2.05, 4.69) is 0 Å². The number of para-hydroxylation sites is 1. The number of nitrogens with two attached hydrogens (primary N) is 1. The Kier molecular flexibility index (Phi) is 5.17. The molecular weight excluding hydrogens is 246 g/mol. The standard InChI is InChI=1S/C14H17NO2S/c15-10-12-4-1-2-6-14(12)17-8-9-18-11-13-5-3-7-16-13/h1-7H,8-11,15H2. The van der Waals surface area contributed by atoms with Gasteiger partial charge in [0.1, 0.15) is 11.5 Å². The molecule has 0 unspecified atom stereocenters. The molecule has 1 heterocycles. The minimum absolute atomic E-state index is 0.510. The van der Waals surface area contributed by atoms with Crippen LogP contribution in [0.4, 0.5) is 0 Å². The van der Waals surface area contributed by atoms with Crippen molar-refractivity contribution >= 4 is 11.8 Å². The van der Waals surface area contributed by atoms with Crippen LogP contribution in [0.3, 0.4) is 0 Å². The third kappa shape index (κ3) is 3.82. The quantitative estimate of drug-likeness (QED) is 0.780. The molecule has 0 aliphatic rings. The van der Waals surface area contributed by atoms with Gasteiger partial charge in [0, 0.05) is 17.9 Å². The zero-order chi connectivity index (χ0) is 12.6. The van der Waals surface area contributed by atoms with E-state index in [1.54, 1.807) is 18.0 Å². The molecule has 3 nitrogen and oxygen atoms in total. The first-order chi connectivity index (χ1) is 8.90. The highest BCUT2D eigenvalue weighted by molar-refractivity contribution is 7.98. The van der Waals surface area contributed by atoms with Gasteiger partial charge in [0.2, 0.25) is 0 Å². The normalized spacial score (nSPS) is 10.5. The predicted octanol–water partition coefficient (Wildman–Crippen LogP) is 3.05. The van der Waals surface area contributed by atoms with Crippen molar-refractivity contribution in [3.8, 4) is 5.75 Å². The lowest BCUT2D eigenvalue weighted by Gasteiger charge is -2.09. The van der Waals surface area contributed by atoms with Gasteiger partial charge in [-0.25, -0.2) is 0 Å². The van der Waals surface area contributed by atoms with Crippen molar-refractivity contribution in [2.75, 3.05) is 12.4 Å². The number of hydrogen-bond acceptors (Lipinski definition) is 4. The topological polar surface area (TPSA) is 48.4 Å². The first-order valence-electron chi connectivity index (χ1n) is 5.91. The first kappa shape index (κ1) is 13.1. The molecule has 0 spiro atoms. The van der Waals surface area contributed by atoms with Crippen LogP contribution in [0.15, 0.2) is 47.1 Å². The fourth-order valence-electron chi connectivity index (χ4n) is 1.59. The molecule has 0 bridgehead atoms. The SMILES string of the molecule is NCc1ccccc1OCCSCc1ccco1. The smallest absolute Gasteiger partial charge is 0.123 e. The average molecular weight is 263 g/mol. The van der Waals surface area contributed by atoms with Crippen molar-refractivity contribution < 1.29 is 9.15 Å². The number of thioether (sulfide) groups is 1. The van der Waals surface area contributed by atoms with E-state index in [9.17, 15) is 0 Å². The number of furan rings is 1. The molecule has 0 radical (unpaired) electrons. The summed E-state index contributed by atoms with van der Waals surface area (Å²) in [6, 6.07) is 11.8. The van der Waals surface area contributed by atoms with E-state index in [4.69, 9.17) is 14.9 Å². The van der Waals surface area contributed by atoms with Crippen LogP contribution in [0.5, 0.6) is 5.75 Å². The van der Waals surface area contributed by atoms with Crippen molar-refractivity contribution in [2.45, 2.75) is 12.3 Å². The summed E-state index contributed by atoms with van der Waals surface area (Å²) in [5.74, 6) is 3.70. The second-order valence-corrected chi connectivity index (χ2v) is 4.90. The zero-order valence-electron chi connectivity index (χ0n) is 10.2. The Bertz CT molecular complexity index is 457. The number of ether oxygens (including phenoxy) is 1. The van der Waals surface area contributed by atoms with Crippen LogP contribution in [-0.4, -0.2) is 12.4 Å². The van der Waals surface area contributed by atoms with Crippen molar-refractivity contribution in [3.63, 3.8) is 0 Å². The van der Waals surface area contributed by atoms with Gasteiger partial charge in [-0.1, -0.05) is 18.2 Å². The fraction of sp³-hybridized carbons (Fsp3) is 0.286. The van der Waals surface area contributed by atoms with E-state index in [1.165, 1.54) is 0 Å². The van der Waals surface area contributed by atoms with Gasteiger partial charge < -0.3 is 14.9 Å². The molecule has 0 amide bonds. The van der Waals surface area contributed by atoms with Crippen molar-refractivity contribution in [2.24, 2.45) is 5.73 Å². The lowest BCUT2D eigenvalue weighted by molar-refractivity contribution is 0.340. The predicted molar refractivity (Wildman–Crippen MR) is 74.7 cm³/mol. The summed E-state index contributed by atoms with van der Waals surface area (Å²) in [5.41, 5.74) is 6.70. The monoisotopic (exact) mass is 263 g/mol. The highest BCUT2D eigenvalue weighted by Gasteiger charge is 2.01. The Balaban J connectivity index is 1.69. The van der Waals surface area contributed by atoms with Gasteiger partial charge in [-0.3, -0.25) is 0 Å². The largest absolute Gasteiger partial charge is 0.492 e. The van der Waals surface area contributed by atoms with E-state index in [-0.39, 0.29) is 0 Å². The first-order valence-corrected chi connectivity index (χ1v) is 7.06. The van der Waals surface area contributed by atoms with E-state index < -0.39 is 0 Å². The maximum absolute atomic E-state index is 5.72. The van der Waals surface area contributed by atoms with Crippen LogP contribution in [0.2, 0.25) is 0 Å². The molecular formula is C14H17NO2S. The third-order valence-corrected chi connectivity index (χ3v) is 3.45. The Morgan fingerprint density at radius 1 is 1.17 bits per heavy atom. The van der Waals surface area contributed by atoms with Crippen LogP contribution in [0.25, 0.3) is 0 Å². The van der Waals surface area contributed by atoms with Crippen LogP contribution in [-0.2, 0) is 12.3 Å². The number of benzene rings is 1. The van der Waals surface area contributed by atoms with Gasteiger partial charge in [0.25, 0.3) is 0 Å². The second-order valence-electron chi connectivity index (χ2n) is 3.79. The molecule has 0 saturated heterocycles. The summed E-state index contributed by atoms with van der Waals surface area (Å²) in [6.45, 7) is 1.19. The molecule has 2 rings (SSSR count). The molecule has 0 atom stereocenters. The Morgan fingerprint density at radius 3 is 2.83 bits per heavy atom. The minimum atomic E-state index is 0.510. The van der Waals surface area contributed by atoms with E-state index >= 15 is 0 Å². The van der Waals surface area contributed by atoms with E-state index in [1.807, 2.05) is 36.4 Å². The molecule has 2 N–H and O–H groups in total. The van der Waals surface area contributed by atoms with Gasteiger partial charge in [-0.2, -0.15) is 11.8 Å². The molecule has 4 heteroatoms. The molecule has 18 heavy (non-hydrogen) atoms. The molecule has 1 aromatic heterocycles. The molecule has 0 saturated carbocycles. The number of rotatable bonds is 7. The minimum Gasteiger partial charge on any atom is -0.492 e. The van der Waals surface area contributed by atoms with E-state index in [0.717, 1.165) is 28.6 Å². The number of hydrogen-bond donors (Lipinski definition) is 1. The third-order valence-electron chi connectivity index (χ3n) is 2.50. The van der Waals surface area contributed by atoms with Gasteiger partial charge in [-0.05, 0) is 18.2 Å². The summed E-state index contributed by atoms with van der Waals surface area (Å²) < 4.78 is 11.0. The van der Waals surface area contributed by atoms with Crippen LogP contribution in [0, 0.1) is 0 Å². The van der Waals surface area contributed by atoms with Crippen LogP contribution < -0.4 is 10.5 Å². The average Bonchev–Trinajstić information content (AvgIpc) is 2.92. The van der Waals surface area contributed by atoms with Gasteiger partial charge in [0.15, 0.2) is 0 Å². The lowest BCUT2D eigenvalue weighted by Crippen LogP contribution is -2.05. The maximum Gasteiger partial charge on any atom is 0.123 e. The summed E-state index contributed by atoms with van der Waals surface area (Å²) in [5, 5.41) is 0. The highest BCUT2D eigenvalue weighted by Crippen LogP contribution is 2.18. The Hall–Kier alpha value is -1.39. The van der Waals surface area contributed by atoms with Crippen LogP contribution >= 0.6 is 11.8 Å². The molecule has 0 aliphatic carbocycles. The summed E-state index contributed by atoms with van der Waals surface area (Å²) in [7, 11) is 0. The van der Waals surface area contributed by atoms with Crippen molar-refractivity contribution in [1.29, 1.82) is 0 Å². The zero-order valence-corrected chi connectivity index (χ0v) is 11.0. The Morgan fingerprint density at radius 2 is 2.06 bits per heavy atom. The van der Waals surface area contributed by atoms with Gasteiger partial charge in [0.05, 0.1) is 18.6 Å². The van der Waals surface area contributed by atoms with E-state index in [0.29, 0.717) is 13.2 Å². The van der Waals surface area contributed by atoms with Gasteiger partial charge >= 0.3 is 0 Å². The lowest BCUT2D eigenvalue weighted by atomic mass is 10.2. The fourth-order valence-corrected chi connectivity index (χ4v) is 2.30. The molecule has 2 aromatic rings. The van der Waals surface area contributed by atoms with Gasteiger partial charge in [-0.15, -0.1) is 0 Å². The Labute approximate surface area is 111 Å². The maximum atomic E-state index is 5.72. The molecule has 1 aromatic carbocycles. The summed E-state index contributed by atoms with van der Waals surface area (Å²) in [6.07, 6.45) is 1.70. The highest BCUT2D eigenvalue weighted by atomic mass is 32.2. The van der Waals surface area contributed by atoms with Crippen molar-refractivity contribution in [3.05, 3.63) is 54.0 Å². The summed E-state index contributed by atoms with van der Waals surface area (Å²) in [4.78, 5) is 0. The van der Waals surface area contributed by atoms with Crippen molar-refractivity contribution in [1.82, 2.24) is 0 Å². The molecule has 0 fully saturated rings. The molecule has 96 valence electrons. The second kappa shape index (κ2) is 7.13. The summed E-state index contributed by atoms with van der Waals surface area (Å²) >= 11 is 1.79.